The molecule has 0 aliphatic heterocycles. The summed E-state index contributed by atoms with van der Waals surface area (Å²) >= 11 is 0. The van der Waals surface area contributed by atoms with Gasteiger partial charge in [-0.2, -0.15) is 0 Å². The summed E-state index contributed by atoms with van der Waals surface area (Å²) < 4.78 is 13.7. The lowest BCUT2D eigenvalue weighted by Crippen LogP contribution is -2.26. The molecule has 0 radical (unpaired) electrons. The summed E-state index contributed by atoms with van der Waals surface area (Å²) in [6.45, 7) is 3.77. The van der Waals surface area contributed by atoms with E-state index < -0.39 is 0 Å². The Hall–Kier alpha value is -2.86. The van der Waals surface area contributed by atoms with Crippen molar-refractivity contribution in [2.24, 2.45) is 0 Å². The fourth-order valence-corrected chi connectivity index (χ4v) is 3.94. The van der Waals surface area contributed by atoms with Crippen LogP contribution in [0.1, 0.15) is 60.1 Å². The van der Waals surface area contributed by atoms with E-state index in [0.29, 0.717) is 37.2 Å². The second-order valence-electron chi connectivity index (χ2n) is 8.26. The van der Waals surface area contributed by atoms with Crippen LogP contribution in [0.3, 0.4) is 0 Å². The number of pyridine rings is 1. The second kappa shape index (κ2) is 10.4. The molecule has 4 rings (SSSR count). The Labute approximate surface area is 183 Å². The van der Waals surface area contributed by atoms with E-state index in [2.05, 4.69) is 17.2 Å². The van der Waals surface area contributed by atoms with Crippen LogP contribution in [0, 0.1) is 6.92 Å². The molecule has 0 unspecified atom stereocenters. The SMILES string of the molecule is Cc1ccc2nc(COc3ccc(C(=O)NCCCOC4CCCCC4)cc3)cn2c1. The molecule has 2 heterocycles. The number of carbonyl (C=O) groups excluding carboxylic acids is 1. The quantitative estimate of drug-likeness (QED) is 0.509. The van der Waals surface area contributed by atoms with E-state index in [-0.39, 0.29) is 5.91 Å². The molecule has 0 saturated heterocycles. The zero-order valence-electron chi connectivity index (χ0n) is 18.2. The van der Waals surface area contributed by atoms with Crippen LogP contribution in [0.4, 0.5) is 0 Å². The predicted octanol–water partition coefficient (Wildman–Crippen LogP) is 4.69. The monoisotopic (exact) mass is 421 g/mol. The number of carbonyl (C=O) groups is 1. The third-order valence-electron chi connectivity index (χ3n) is 5.66. The minimum Gasteiger partial charge on any atom is -0.487 e. The highest BCUT2D eigenvalue weighted by molar-refractivity contribution is 5.94. The van der Waals surface area contributed by atoms with Gasteiger partial charge in [0.2, 0.25) is 0 Å². The third kappa shape index (κ3) is 6.07. The zero-order chi connectivity index (χ0) is 21.5. The summed E-state index contributed by atoms with van der Waals surface area (Å²) in [5, 5.41) is 2.96. The number of aryl methyl sites for hydroxylation is 1. The molecule has 1 aliphatic rings. The van der Waals surface area contributed by atoms with Crippen molar-refractivity contribution in [3.8, 4) is 5.75 Å². The number of amides is 1. The highest BCUT2D eigenvalue weighted by Gasteiger charge is 2.13. The number of nitrogens with one attached hydrogen (secondary N) is 1. The number of benzene rings is 1. The van der Waals surface area contributed by atoms with Gasteiger partial charge in [-0.3, -0.25) is 4.79 Å². The van der Waals surface area contributed by atoms with Crippen LogP contribution in [0.2, 0.25) is 0 Å². The molecule has 1 N–H and O–H groups in total. The predicted molar refractivity (Wildman–Crippen MR) is 120 cm³/mol. The van der Waals surface area contributed by atoms with Gasteiger partial charge in [0.25, 0.3) is 5.91 Å². The van der Waals surface area contributed by atoms with E-state index in [1.54, 1.807) is 12.1 Å². The van der Waals surface area contributed by atoms with Gasteiger partial charge >= 0.3 is 0 Å². The fourth-order valence-electron chi connectivity index (χ4n) is 3.94. The molecular formula is C25H31N3O3. The molecule has 1 aromatic carbocycles. The van der Waals surface area contributed by atoms with E-state index >= 15 is 0 Å². The van der Waals surface area contributed by atoms with E-state index in [4.69, 9.17) is 9.47 Å². The van der Waals surface area contributed by atoms with Crippen molar-refractivity contribution in [3.05, 3.63) is 65.6 Å². The third-order valence-corrected chi connectivity index (χ3v) is 5.66. The largest absolute Gasteiger partial charge is 0.487 e. The Morgan fingerprint density at radius 1 is 1.10 bits per heavy atom. The Morgan fingerprint density at radius 2 is 1.90 bits per heavy atom. The van der Waals surface area contributed by atoms with Crippen LogP contribution in [-0.2, 0) is 11.3 Å². The van der Waals surface area contributed by atoms with Gasteiger partial charge in [-0.05, 0) is 62.1 Å². The fraction of sp³-hybridized carbons (Fsp3) is 0.440. The summed E-state index contributed by atoms with van der Waals surface area (Å²) in [5.74, 6) is 0.644. The summed E-state index contributed by atoms with van der Waals surface area (Å²) in [7, 11) is 0. The standard InChI is InChI=1S/C25H31N3O3/c1-19-8-13-24-27-21(17-28(24)16-19)18-31-23-11-9-20(10-12-23)25(29)26-14-5-15-30-22-6-3-2-4-7-22/h8-13,16-17,22H,2-7,14-15,18H2,1H3,(H,26,29). The van der Waals surface area contributed by atoms with Crippen LogP contribution in [0.5, 0.6) is 5.75 Å². The Bertz CT molecular complexity index is 991. The Morgan fingerprint density at radius 3 is 2.71 bits per heavy atom. The summed E-state index contributed by atoms with van der Waals surface area (Å²) in [6, 6.07) is 11.3. The molecule has 1 fully saturated rings. The number of hydrogen-bond acceptors (Lipinski definition) is 4. The molecule has 31 heavy (non-hydrogen) atoms. The molecular weight excluding hydrogens is 390 g/mol. The zero-order valence-corrected chi connectivity index (χ0v) is 18.2. The van der Waals surface area contributed by atoms with Gasteiger partial charge in [0.15, 0.2) is 0 Å². The minimum atomic E-state index is -0.0695. The van der Waals surface area contributed by atoms with Crippen molar-refractivity contribution in [2.75, 3.05) is 13.2 Å². The summed E-state index contributed by atoms with van der Waals surface area (Å²) in [5.41, 5.74) is 3.58. The normalized spacial score (nSPS) is 14.6. The maximum atomic E-state index is 12.3. The topological polar surface area (TPSA) is 64.9 Å². The maximum Gasteiger partial charge on any atom is 0.251 e. The molecule has 6 nitrogen and oxygen atoms in total. The highest BCUT2D eigenvalue weighted by Crippen LogP contribution is 2.20. The molecule has 1 saturated carbocycles. The van der Waals surface area contributed by atoms with Crippen molar-refractivity contribution in [1.29, 1.82) is 0 Å². The first-order chi connectivity index (χ1) is 15.2. The van der Waals surface area contributed by atoms with E-state index in [0.717, 1.165) is 17.8 Å². The molecule has 1 aliphatic carbocycles. The molecule has 1 amide bonds. The first kappa shape index (κ1) is 21.4. The van der Waals surface area contributed by atoms with Crippen molar-refractivity contribution in [3.63, 3.8) is 0 Å². The highest BCUT2D eigenvalue weighted by atomic mass is 16.5. The summed E-state index contributed by atoms with van der Waals surface area (Å²) in [4.78, 5) is 16.9. The lowest BCUT2D eigenvalue weighted by molar-refractivity contribution is 0.0273. The average Bonchev–Trinajstić information content (AvgIpc) is 3.20. The summed E-state index contributed by atoms with van der Waals surface area (Å²) in [6.07, 6.45) is 11.5. The molecule has 0 atom stereocenters. The Kier molecular flexibility index (Phi) is 7.20. The van der Waals surface area contributed by atoms with E-state index in [9.17, 15) is 4.79 Å². The number of aromatic nitrogens is 2. The molecule has 3 aromatic rings. The van der Waals surface area contributed by atoms with Crippen LogP contribution in [0.25, 0.3) is 5.65 Å². The lowest BCUT2D eigenvalue weighted by atomic mass is 9.98. The molecule has 6 heteroatoms. The minimum absolute atomic E-state index is 0.0695. The molecule has 0 bridgehead atoms. The second-order valence-corrected chi connectivity index (χ2v) is 8.26. The van der Waals surface area contributed by atoms with Crippen molar-refractivity contribution >= 4 is 11.6 Å². The average molecular weight is 422 g/mol. The first-order valence-corrected chi connectivity index (χ1v) is 11.2. The Balaban J connectivity index is 1.18. The van der Waals surface area contributed by atoms with Gasteiger partial charge in [-0.1, -0.05) is 25.3 Å². The number of imidazole rings is 1. The van der Waals surface area contributed by atoms with Crippen molar-refractivity contribution in [1.82, 2.24) is 14.7 Å². The maximum absolute atomic E-state index is 12.3. The number of hydrogen-bond donors (Lipinski definition) is 1. The van der Waals surface area contributed by atoms with Gasteiger partial charge in [-0.15, -0.1) is 0 Å². The van der Waals surface area contributed by atoms with Crippen LogP contribution >= 0.6 is 0 Å². The molecule has 164 valence electrons. The number of ether oxygens (including phenoxy) is 2. The van der Waals surface area contributed by atoms with Crippen LogP contribution in [0.15, 0.2) is 48.8 Å². The van der Waals surface area contributed by atoms with E-state index in [1.165, 1.54) is 37.7 Å². The van der Waals surface area contributed by atoms with Gasteiger partial charge < -0.3 is 19.2 Å². The molecule has 0 spiro atoms. The smallest absolute Gasteiger partial charge is 0.251 e. The van der Waals surface area contributed by atoms with Gasteiger partial charge in [0.05, 0.1) is 11.8 Å². The molecule has 2 aromatic heterocycles. The first-order valence-electron chi connectivity index (χ1n) is 11.2. The number of rotatable bonds is 9. The lowest BCUT2D eigenvalue weighted by Gasteiger charge is -2.21. The van der Waals surface area contributed by atoms with Gasteiger partial charge in [0, 0.05) is 31.1 Å². The van der Waals surface area contributed by atoms with Crippen molar-refractivity contribution < 1.29 is 14.3 Å². The van der Waals surface area contributed by atoms with Gasteiger partial charge in [0.1, 0.15) is 18.0 Å². The number of nitrogens with zero attached hydrogens (tertiary/aromatic N) is 2. The number of fused-ring (bicyclic) bond motifs is 1. The van der Waals surface area contributed by atoms with Gasteiger partial charge in [-0.25, -0.2) is 4.98 Å². The van der Waals surface area contributed by atoms with Crippen LogP contribution < -0.4 is 10.1 Å². The van der Waals surface area contributed by atoms with Crippen molar-refractivity contribution in [2.45, 2.75) is 58.2 Å². The van der Waals surface area contributed by atoms with Crippen LogP contribution in [-0.4, -0.2) is 34.5 Å². The van der Waals surface area contributed by atoms with E-state index in [1.807, 2.05) is 41.1 Å².